The van der Waals surface area contributed by atoms with Crippen molar-refractivity contribution in [2.45, 2.75) is 50.6 Å². The van der Waals surface area contributed by atoms with Crippen molar-refractivity contribution in [3.63, 3.8) is 0 Å². The highest BCUT2D eigenvalue weighted by Crippen LogP contribution is 2.38. The Balaban J connectivity index is 1.35. The van der Waals surface area contributed by atoms with Gasteiger partial charge in [-0.15, -0.1) is 13.2 Å². The second-order valence-electron chi connectivity index (χ2n) is 7.49. The third-order valence-electron chi connectivity index (χ3n) is 5.01. The molecule has 0 radical (unpaired) electrons. The van der Waals surface area contributed by atoms with Crippen LogP contribution in [0.4, 0.5) is 19.0 Å². The van der Waals surface area contributed by atoms with Crippen molar-refractivity contribution in [2.24, 2.45) is 0 Å². The molecule has 1 aromatic carbocycles. The third-order valence-corrected chi connectivity index (χ3v) is 5.01. The number of nitrogens with one attached hydrogen (secondary N) is 1. The molecule has 2 heterocycles. The Labute approximate surface area is 161 Å². The molecule has 0 bridgehead atoms. The second kappa shape index (κ2) is 7.95. The van der Waals surface area contributed by atoms with Crippen molar-refractivity contribution in [3.05, 3.63) is 47.9 Å². The molecule has 0 amide bonds. The number of hydrogen-bond donors (Lipinski definition) is 1. The summed E-state index contributed by atoms with van der Waals surface area (Å²) in [6.07, 6.45) is 1.52. The van der Waals surface area contributed by atoms with E-state index >= 15 is 0 Å². The zero-order valence-electron chi connectivity index (χ0n) is 15.5. The van der Waals surface area contributed by atoms with Gasteiger partial charge in [-0.3, -0.25) is 4.90 Å². The van der Waals surface area contributed by atoms with Crippen LogP contribution in [0.1, 0.15) is 43.0 Å². The lowest BCUT2D eigenvalue weighted by atomic mass is 10.0. The normalized spacial score (nSPS) is 20.8. The number of likely N-dealkylation sites (tertiary alicyclic amines) is 1. The van der Waals surface area contributed by atoms with Crippen LogP contribution in [-0.4, -0.2) is 40.4 Å². The van der Waals surface area contributed by atoms with Gasteiger partial charge in [-0.05, 0) is 56.0 Å². The first-order valence-corrected chi connectivity index (χ1v) is 9.61. The van der Waals surface area contributed by atoms with Gasteiger partial charge in [0.05, 0.1) is 0 Å². The first-order chi connectivity index (χ1) is 13.4. The minimum Gasteiger partial charge on any atom is -0.406 e. The highest BCUT2D eigenvalue weighted by molar-refractivity contribution is 5.35. The Hall–Kier alpha value is -2.35. The molecule has 4 rings (SSSR count). The lowest BCUT2D eigenvalue weighted by molar-refractivity contribution is -0.274. The number of anilines is 1. The molecule has 5 nitrogen and oxygen atoms in total. The van der Waals surface area contributed by atoms with Crippen LogP contribution >= 0.6 is 0 Å². The van der Waals surface area contributed by atoms with Gasteiger partial charge in [0.15, 0.2) is 0 Å². The third kappa shape index (κ3) is 5.34. The van der Waals surface area contributed by atoms with Crippen LogP contribution in [0, 0.1) is 0 Å². The van der Waals surface area contributed by atoms with Crippen LogP contribution in [0.25, 0.3) is 0 Å². The molecule has 2 fully saturated rings. The summed E-state index contributed by atoms with van der Waals surface area (Å²) in [6, 6.07) is 8.34. The van der Waals surface area contributed by atoms with E-state index in [-0.39, 0.29) is 11.8 Å². The molecule has 150 valence electrons. The first-order valence-electron chi connectivity index (χ1n) is 9.61. The maximum Gasteiger partial charge on any atom is 0.573 e. The maximum absolute atomic E-state index is 12.4. The molecule has 0 spiro atoms. The van der Waals surface area contributed by atoms with Crippen LogP contribution in [0.5, 0.6) is 5.75 Å². The molecule has 1 saturated heterocycles. The second-order valence-corrected chi connectivity index (χ2v) is 7.49. The summed E-state index contributed by atoms with van der Waals surface area (Å²) in [5.41, 5.74) is 0.806. The SMILES string of the molecule is FC(F)(F)Oc1cccc(CN2CCCC(Nc3ccnc(C4CC4)n3)C2)c1. The Morgan fingerprint density at radius 2 is 2.04 bits per heavy atom. The van der Waals surface area contributed by atoms with E-state index in [1.807, 2.05) is 12.1 Å². The lowest BCUT2D eigenvalue weighted by Gasteiger charge is -2.33. The highest BCUT2D eigenvalue weighted by Gasteiger charge is 2.31. The van der Waals surface area contributed by atoms with Crippen molar-refractivity contribution in [1.82, 2.24) is 14.9 Å². The van der Waals surface area contributed by atoms with Crippen LogP contribution in [0.3, 0.4) is 0 Å². The van der Waals surface area contributed by atoms with Crippen LogP contribution in [0.15, 0.2) is 36.5 Å². The predicted octanol–water partition coefficient (Wildman–Crippen LogP) is 4.33. The van der Waals surface area contributed by atoms with Gasteiger partial charge in [0.25, 0.3) is 0 Å². The van der Waals surface area contributed by atoms with E-state index in [4.69, 9.17) is 0 Å². The maximum atomic E-state index is 12.4. The molecule has 8 heteroatoms. The number of hydrogen-bond acceptors (Lipinski definition) is 5. The van der Waals surface area contributed by atoms with Crippen LogP contribution in [-0.2, 0) is 6.54 Å². The number of alkyl halides is 3. The van der Waals surface area contributed by atoms with Crippen LogP contribution in [0.2, 0.25) is 0 Å². The van der Waals surface area contributed by atoms with Crippen LogP contribution < -0.4 is 10.1 Å². The van der Waals surface area contributed by atoms with Gasteiger partial charge in [-0.25, -0.2) is 9.97 Å². The zero-order valence-corrected chi connectivity index (χ0v) is 15.5. The van der Waals surface area contributed by atoms with Gasteiger partial charge in [0.2, 0.25) is 0 Å². The number of halogens is 3. The lowest BCUT2D eigenvalue weighted by Crippen LogP contribution is -2.41. The number of nitrogens with zero attached hydrogens (tertiary/aromatic N) is 3. The smallest absolute Gasteiger partial charge is 0.406 e. The molecule has 2 aliphatic rings. The van der Waals surface area contributed by atoms with E-state index in [1.165, 1.54) is 12.1 Å². The van der Waals surface area contributed by atoms with E-state index in [0.717, 1.165) is 56.0 Å². The van der Waals surface area contributed by atoms with Gasteiger partial charge in [-0.2, -0.15) is 0 Å². The van der Waals surface area contributed by atoms with Crippen molar-refractivity contribution in [1.29, 1.82) is 0 Å². The number of aromatic nitrogens is 2. The first kappa shape index (κ1) is 19.0. The largest absolute Gasteiger partial charge is 0.573 e. The summed E-state index contributed by atoms with van der Waals surface area (Å²) in [7, 11) is 0. The molecule has 1 saturated carbocycles. The Morgan fingerprint density at radius 1 is 1.18 bits per heavy atom. The van der Waals surface area contributed by atoms with Crippen molar-refractivity contribution in [3.8, 4) is 5.75 Å². The molecular weight excluding hydrogens is 369 g/mol. The molecule has 1 N–H and O–H groups in total. The van der Waals surface area contributed by atoms with Gasteiger partial charge in [-0.1, -0.05) is 12.1 Å². The number of piperidine rings is 1. The highest BCUT2D eigenvalue weighted by atomic mass is 19.4. The fraction of sp³-hybridized carbons (Fsp3) is 0.500. The average molecular weight is 392 g/mol. The summed E-state index contributed by atoms with van der Waals surface area (Å²) < 4.78 is 41.3. The monoisotopic (exact) mass is 392 g/mol. The summed E-state index contributed by atoms with van der Waals surface area (Å²) >= 11 is 0. The van der Waals surface area contributed by atoms with Gasteiger partial charge in [0, 0.05) is 31.2 Å². The quantitative estimate of drug-likeness (QED) is 0.793. The summed E-state index contributed by atoms with van der Waals surface area (Å²) in [5, 5.41) is 3.50. The molecule has 1 aliphatic heterocycles. The van der Waals surface area contributed by atoms with Gasteiger partial charge >= 0.3 is 6.36 Å². The molecule has 2 aromatic rings. The summed E-state index contributed by atoms with van der Waals surface area (Å²) in [6.45, 7) is 2.32. The molecule has 1 aromatic heterocycles. The Bertz CT molecular complexity index is 810. The number of benzene rings is 1. The standard InChI is InChI=1S/C20H23F3N4O/c21-20(22,23)28-17-5-1-3-14(11-17)12-27-10-2-4-16(13-27)25-18-8-9-24-19(26-18)15-6-7-15/h1,3,5,8-9,11,15-16H,2,4,6-7,10,12-13H2,(H,24,25,26). The fourth-order valence-electron chi connectivity index (χ4n) is 3.62. The van der Waals surface area contributed by atoms with E-state index in [2.05, 4.69) is 24.9 Å². The molecule has 1 unspecified atom stereocenters. The van der Waals surface area contributed by atoms with E-state index in [9.17, 15) is 13.2 Å². The Morgan fingerprint density at radius 3 is 2.82 bits per heavy atom. The van der Waals surface area contributed by atoms with Crippen molar-refractivity contribution < 1.29 is 17.9 Å². The summed E-state index contributed by atoms with van der Waals surface area (Å²) in [5.74, 6) is 2.10. The van der Waals surface area contributed by atoms with E-state index < -0.39 is 6.36 Å². The number of ether oxygens (including phenoxy) is 1. The molecular formula is C20H23F3N4O. The topological polar surface area (TPSA) is 50.3 Å². The van der Waals surface area contributed by atoms with Crippen molar-refractivity contribution in [2.75, 3.05) is 18.4 Å². The number of rotatable bonds is 6. The molecule has 28 heavy (non-hydrogen) atoms. The van der Waals surface area contributed by atoms with E-state index in [1.54, 1.807) is 12.3 Å². The minimum atomic E-state index is -4.67. The predicted molar refractivity (Wildman–Crippen MR) is 99.1 cm³/mol. The van der Waals surface area contributed by atoms with E-state index in [0.29, 0.717) is 12.5 Å². The van der Waals surface area contributed by atoms with Gasteiger partial charge < -0.3 is 10.1 Å². The molecule has 1 aliphatic carbocycles. The van der Waals surface area contributed by atoms with Gasteiger partial charge in [0.1, 0.15) is 17.4 Å². The zero-order chi connectivity index (χ0) is 19.6. The van der Waals surface area contributed by atoms with Crippen molar-refractivity contribution >= 4 is 5.82 Å². The Kier molecular flexibility index (Phi) is 5.39. The molecule has 1 atom stereocenters. The average Bonchev–Trinajstić information content (AvgIpc) is 3.46. The summed E-state index contributed by atoms with van der Waals surface area (Å²) in [4.78, 5) is 11.2. The fourth-order valence-corrected chi connectivity index (χ4v) is 3.62. The minimum absolute atomic E-state index is 0.176.